The van der Waals surface area contributed by atoms with Crippen LogP contribution in [-0.4, -0.2) is 35.7 Å². The van der Waals surface area contributed by atoms with Crippen LogP contribution in [0.3, 0.4) is 0 Å². The van der Waals surface area contributed by atoms with E-state index in [1.165, 1.54) is 22.9 Å². The first-order valence-corrected chi connectivity index (χ1v) is 10.2. The lowest BCUT2D eigenvalue weighted by Crippen LogP contribution is -2.41. The van der Waals surface area contributed by atoms with E-state index in [9.17, 15) is 4.79 Å². The van der Waals surface area contributed by atoms with Crippen molar-refractivity contribution in [2.75, 3.05) is 12.3 Å². The monoisotopic (exact) mass is 373 g/mol. The summed E-state index contributed by atoms with van der Waals surface area (Å²) in [5.41, 5.74) is 4.11. The average molecular weight is 373 g/mol. The molecule has 2 aliphatic heterocycles. The molecule has 1 saturated heterocycles. The number of rotatable bonds is 4. The maximum Gasteiger partial charge on any atom is 0.491 e. The van der Waals surface area contributed by atoms with Crippen molar-refractivity contribution in [2.24, 2.45) is 0 Å². The predicted octanol–water partition coefficient (Wildman–Crippen LogP) is 3.63. The Labute approximate surface area is 161 Å². The highest BCUT2D eigenvalue weighted by Gasteiger charge is 2.52. The maximum absolute atomic E-state index is 11.5. The number of hydrogen-bond donors (Lipinski definition) is 1. The second kappa shape index (κ2) is 7.51. The Hall–Kier alpha value is -1.08. The summed E-state index contributed by atoms with van der Waals surface area (Å²) in [7, 11) is -0.426. The van der Waals surface area contributed by atoms with Gasteiger partial charge >= 0.3 is 7.12 Å². The summed E-state index contributed by atoms with van der Waals surface area (Å²) in [5, 5.41) is 3.50. The summed E-state index contributed by atoms with van der Waals surface area (Å²) in [6, 6.07) is 6.57. The van der Waals surface area contributed by atoms with E-state index < -0.39 is 7.12 Å². The summed E-state index contributed by atoms with van der Waals surface area (Å²) < 4.78 is 12.4. The van der Waals surface area contributed by atoms with Crippen molar-refractivity contribution in [3.8, 4) is 0 Å². The molecule has 0 saturated carbocycles. The van der Waals surface area contributed by atoms with E-state index in [-0.39, 0.29) is 16.3 Å². The van der Waals surface area contributed by atoms with E-state index in [4.69, 9.17) is 9.31 Å². The molecule has 0 amide bonds. The van der Waals surface area contributed by atoms with Crippen LogP contribution in [0.4, 0.5) is 0 Å². The first-order chi connectivity index (χ1) is 12.2. The fourth-order valence-corrected chi connectivity index (χ4v) is 3.75. The molecule has 0 atom stereocenters. The molecule has 1 fully saturated rings. The van der Waals surface area contributed by atoms with Crippen molar-refractivity contribution in [2.45, 2.75) is 58.8 Å². The fourth-order valence-electron chi connectivity index (χ4n) is 3.16. The van der Waals surface area contributed by atoms with Gasteiger partial charge in [0.2, 0.25) is 0 Å². The van der Waals surface area contributed by atoms with Gasteiger partial charge in [-0.05, 0) is 62.8 Å². The zero-order chi connectivity index (χ0) is 18.9. The topological polar surface area (TPSA) is 47.6 Å². The third-order valence-corrected chi connectivity index (χ3v) is 6.35. The lowest BCUT2D eigenvalue weighted by Gasteiger charge is -2.32. The molecule has 6 heteroatoms. The Kier molecular flexibility index (Phi) is 5.68. The second-order valence-electron chi connectivity index (χ2n) is 8.04. The highest BCUT2D eigenvalue weighted by Crippen LogP contribution is 2.39. The van der Waals surface area contributed by atoms with Gasteiger partial charge in [0.15, 0.2) is 5.12 Å². The van der Waals surface area contributed by atoms with E-state index in [1.54, 1.807) is 6.92 Å². The van der Waals surface area contributed by atoms with Gasteiger partial charge in [0, 0.05) is 19.2 Å². The molecule has 1 aromatic carbocycles. The van der Waals surface area contributed by atoms with Crippen molar-refractivity contribution < 1.29 is 14.1 Å². The normalized spacial score (nSPS) is 21.6. The molecule has 0 radical (unpaired) electrons. The van der Waals surface area contributed by atoms with Crippen molar-refractivity contribution >= 4 is 30.1 Å². The summed E-state index contributed by atoms with van der Waals surface area (Å²) in [4.78, 5) is 11.5. The molecule has 3 rings (SSSR count). The Bertz CT molecular complexity index is 714. The largest absolute Gasteiger partial charge is 0.491 e. The van der Waals surface area contributed by atoms with Crippen LogP contribution in [0.1, 0.15) is 51.3 Å². The van der Waals surface area contributed by atoms with Crippen molar-refractivity contribution in [1.29, 1.82) is 0 Å². The van der Waals surface area contributed by atoms with Crippen LogP contribution in [0.5, 0.6) is 0 Å². The lowest BCUT2D eigenvalue weighted by atomic mass is 9.78. The molecule has 0 unspecified atom stereocenters. The van der Waals surface area contributed by atoms with Crippen molar-refractivity contribution in [3.63, 3.8) is 0 Å². The number of fused-ring (bicyclic) bond motifs is 1. The average Bonchev–Trinajstić information content (AvgIpc) is 2.79. The molecule has 0 aromatic heterocycles. The van der Waals surface area contributed by atoms with Crippen LogP contribution < -0.4 is 5.32 Å². The van der Waals surface area contributed by atoms with Gasteiger partial charge < -0.3 is 14.6 Å². The molecule has 26 heavy (non-hydrogen) atoms. The number of nitrogens with one attached hydrogen (secondary N) is 1. The Morgan fingerprint density at radius 3 is 2.58 bits per heavy atom. The predicted molar refractivity (Wildman–Crippen MR) is 109 cm³/mol. The second-order valence-corrected chi connectivity index (χ2v) is 9.19. The van der Waals surface area contributed by atoms with Crippen LogP contribution in [0.2, 0.25) is 0 Å². The van der Waals surface area contributed by atoms with Gasteiger partial charge in [-0.3, -0.25) is 4.79 Å². The fraction of sp³-hybridized carbons (Fsp3) is 0.550. The first kappa shape index (κ1) is 19.7. The van der Waals surface area contributed by atoms with E-state index in [0.717, 1.165) is 30.5 Å². The van der Waals surface area contributed by atoms with E-state index in [0.29, 0.717) is 5.75 Å². The SMILES string of the molecule is CC(=O)SCC(=Cc1ccc2c(c1)CCNC2)B1OC(C)(C)C(C)(C)O1. The lowest BCUT2D eigenvalue weighted by molar-refractivity contribution is -0.109. The van der Waals surface area contributed by atoms with E-state index >= 15 is 0 Å². The zero-order valence-corrected chi connectivity index (χ0v) is 17.2. The number of carbonyl (C=O) groups excluding carboxylic acids is 1. The van der Waals surface area contributed by atoms with Crippen LogP contribution >= 0.6 is 11.8 Å². The van der Waals surface area contributed by atoms with Crippen LogP contribution in [0, 0.1) is 0 Å². The Morgan fingerprint density at radius 1 is 1.23 bits per heavy atom. The molecule has 0 bridgehead atoms. The molecule has 1 N–H and O–H groups in total. The van der Waals surface area contributed by atoms with Gasteiger partial charge in [-0.1, -0.05) is 36.0 Å². The number of thioether (sulfide) groups is 1. The third-order valence-electron chi connectivity index (χ3n) is 5.47. The molecule has 4 nitrogen and oxygen atoms in total. The van der Waals surface area contributed by atoms with Gasteiger partial charge in [0.25, 0.3) is 0 Å². The van der Waals surface area contributed by atoms with Gasteiger partial charge in [0.05, 0.1) is 11.2 Å². The van der Waals surface area contributed by atoms with Gasteiger partial charge in [-0.15, -0.1) is 0 Å². The van der Waals surface area contributed by atoms with E-state index in [1.807, 2.05) is 0 Å². The molecule has 1 aromatic rings. The maximum atomic E-state index is 11.5. The van der Waals surface area contributed by atoms with Crippen LogP contribution in [0.15, 0.2) is 23.7 Å². The quantitative estimate of drug-likeness (QED) is 0.817. The van der Waals surface area contributed by atoms with Gasteiger partial charge in [0.1, 0.15) is 0 Å². The minimum Gasteiger partial charge on any atom is -0.400 e. The third kappa shape index (κ3) is 4.25. The summed E-state index contributed by atoms with van der Waals surface area (Å²) in [6.45, 7) is 11.7. The summed E-state index contributed by atoms with van der Waals surface area (Å²) >= 11 is 1.30. The molecule has 0 spiro atoms. The highest BCUT2D eigenvalue weighted by molar-refractivity contribution is 8.13. The van der Waals surface area contributed by atoms with Gasteiger partial charge in [-0.2, -0.15) is 0 Å². The standard InChI is InChI=1S/C20H28BNO3S/c1-14(23)26-13-18(21-24-19(2,3)20(4,5)25-21)11-15-6-7-17-12-22-9-8-16(17)10-15/h6-7,10-11,22H,8-9,12-13H2,1-5H3. The number of benzene rings is 1. The van der Waals surface area contributed by atoms with Crippen molar-refractivity contribution in [1.82, 2.24) is 5.32 Å². The van der Waals surface area contributed by atoms with Crippen LogP contribution in [-0.2, 0) is 27.1 Å². The molecular formula is C20H28BNO3S. The molecular weight excluding hydrogens is 345 g/mol. The Balaban J connectivity index is 1.89. The molecule has 2 aliphatic rings. The molecule has 0 aliphatic carbocycles. The minimum atomic E-state index is -0.426. The summed E-state index contributed by atoms with van der Waals surface area (Å²) in [5.74, 6) is 0.574. The minimum absolute atomic E-state index is 0.101. The number of carbonyl (C=O) groups is 1. The first-order valence-electron chi connectivity index (χ1n) is 9.20. The highest BCUT2D eigenvalue weighted by atomic mass is 32.2. The summed E-state index contributed by atoms with van der Waals surface area (Å²) in [6.07, 6.45) is 3.17. The molecule has 2 heterocycles. The van der Waals surface area contributed by atoms with Gasteiger partial charge in [-0.25, -0.2) is 0 Å². The van der Waals surface area contributed by atoms with Crippen molar-refractivity contribution in [3.05, 3.63) is 40.4 Å². The Morgan fingerprint density at radius 2 is 1.92 bits per heavy atom. The molecule has 140 valence electrons. The van der Waals surface area contributed by atoms with Crippen LogP contribution in [0.25, 0.3) is 6.08 Å². The number of hydrogen-bond acceptors (Lipinski definition) is 5. The van der Waals surface area contributed by atoms with E-state index in [2.05, 4.69) is 57.3 Å². The smallest absolute Gasteiger partial charge is 0.400 e. The zero-order valence-electron chi connectivity index (χ0n) is 16.3.